The number of phenols is 1. The Morgan fingerprint density at radius 2 is 2.10 bits per heavy atom. The number of aliphatic hydroxyl groups is 1. The first-order valence-electron chi connectivity index (χ1n) is 2.86. The van der Waals surface area contributed by atoms with E-state index < -0.39 is 0 Å². The Hall–Kier alpha value is -0.670. The summed E-state index contributed by atoms with van der Waals surface area (Å²) in [6.45, 7) is -0.153. The van der Waals surface area contributed by atoms with E-state index in [9.17, 15) is 0 Å². The van der Waals surface area contributed by atoms with Crippen molar-refractivity contribution < 1.29 is 10.2 Å². The molecule has 0 heterocycles. The van der Waals surface area contributed by atoms with E-state index in [2.05, 4.69) is 12.6 Å². The summed E-state index contributed by atoms with van der Waals surface area (Å²) in [5.74, 6) is 0.111. The first kappa shape index (κ1) is 7.44. The summed E-state index contributed by atoms with van der Waals surface area (Å²) in [4.78, 5) is 0.738. The van der Waals surface area contributed by atoms with E-state index in [0.717, 1.165) is 4.90 Å². The first-order chi connectivity index (χ1) is 4.74. The Balaban J connectivity index is 3.09. The topological polar surface area (TPSA) is 40.5 Å². The second-order valence-corrected chi connectivity index (χ2v) is 2.49. The number of aromatic hydroxyl groups is 1. The van der Waals surface area contributed by atoms with Crippen molar-refractivity contribution in [3.8, 4) is 5.75 Å². The van der Waals surface area contributed by atoms with Crippen LogP contribution in [0.15, 0.2) is 23.1 Å². The predicted molar refractivity (Wildman–Crippen MR) is 41.3 cm³/mol. The summed E-state index contributed by atoms with van der Waals surface area (Å²) in [5.41, 5.74) is 0.507. The van der Waals surface area contributed by atoms with E-state index in [4.69, 9.17) is 10.2 Å². The highest BCUT2D eigenvalue weighted by molar-refractivity contribution is 7.80. The van der Waals surface area contributed by atoms with E-state index in [1.165, 1.54) is 6.07 Å². The summed E-state index contributed by atoms with van der Waals surface area (Å²) in [7, 11) is 0. The van der Waals surface area contributed by atoms with Gasteiger partial charge in [0.25, 0.3) is 0 Å². The second kappa shape index (κ2) is 2.94. The molecule has 0 saturated heterocycles. The Morgan fingerprint density at radius 3 is 2.60 bits per heavy atom. The molecule has 1 aromatic rings. The lowest BCUT2D eigenvalue weighted by Crippen LogP contribution is -1.82. The van der Waals surface area contributed by atoms with Gasteiger partial charge in [-0.2, -0.15) is 0 Å². The summed E-state index contributed by atoms with van der Waals surface area (Å²) < 4.78 is 0. The largest absolute Gasteiger partial charge is 0.508 e. The normalized spacial score (nSPS) is 9.80. The lowest BCUT2D eigenvalue weighted by molar-refractivity contribution is 0.275. The molecule has 0 amide bonds. The van der Waals surface area contributed by atoms with E-state index in [1.54, 1.807) is 12.1 Å². The van der Waals surface area contributed by atoms with Gasteiger partial charge in [-0.1, -0.05) is 0 Å². The summed E-state index contributed by atoms with van der Waals surface area (Å²) in [6, 6.07) is 4.80. The first-order valence-corrected chi connectivity index (χ1v) is 3.30. The number of thiol groups is 1. The van der Waals surface area contributed by atoms with Crippen LogP contribution in [0.25, 0.3) is 0 Å². The van der Waals surface area contributed by atoms with E-state index in [0.29, 0.717) is 5.56 Å². The van der Waals surface area contributed by atoms with Crippen LogP contribution < -0.4 is 0 Å². The van der Waals surface area contributed by atoms with Crippen molar-refractivity contribution in [2.24, 2.45) is 0 Å². The van der Waals surface area contributed by atoms with Crippen molar-refractivity contribution in [2.75, 3.05) is 0 Å². The zero-order valence-corrected chi connectivity index (χ0v) is 6.18. The molecule has 0 unspecified atom stereocenters. The van der Waals surface area contributed by atoms with Crippen LogP contribution in [0.2, 0.25) is 0 Å². The van der Waals surface area contributed by atoms with Gasteiger partial charge in [0.15, 0.2) is 0 Å². The summed E-state index contributed by atoms with van der Waals surface area (Å²) in [6.07, 6.45) is 0. The fourth-order valence-corrected chi connectivity index (χ4v) is 0.929. The highest BCUT2D eigenvalue weighted by atomic mass is 32.1. The maximum absolute atomic E-state index is 9.04. The molecule has 0 fully saturated rings. The molecule has 1 aromatic carbocycles. The molecular weight excluding hydrogens is 148 g/mol. The van der Waals surface area contributed by atoms with Crippen LogP contribution in [-0.4, -0.2) is 10.2 Å². The Morgan fingerprint density at radius 1 is 1.40 bits per heavy atom. The lowest BCUT2D eigenvalue weighted by atomic mass is 10.2. The maximum atomic E-state index is 9.04. The number of hydrogen-bond acceptors (Lipinski definition) is 3. The third kappa shape index (κ3) is 1.43. The van der Waals surface area contributed by atoms with Crippen LogP contribution in [0.3, 0.4) is 0 Å². The molecule has 2 nitrogen and oxygen atoms in total. The van der Waals surface area contributed by atoms with Crippen LogP contribution >= 0.6 is 12.6 Å². The molecule has 0 atom stereocenters. The van der Waals surface area contributed by atoms with Gasteiger partial charge in [-0.25, -0.2) is 0 Å². The fraction of sp³-hybridized carbons (Fsp3) is 0.143. The van der Waals surface area contributed by atoms with Crippen molar-refractivity contribution in [3.63, 3.8) is 0 Å². The molecule has 0 aliphatic rings. The number of hydrogen-bond donors (Lipinski definition) is 3. The molecule has 0 saturated carbocycles. The van der Waals surface area contributed by atoms with Crippen molar-refractivity contribution in [3.05, 3.63) is 23.8 Å². The fourth-order valence-electron chi connectivity index (χ4n) is 0.699. The van der Waals surface area contributed by atoms with Crippen molar-refractivity contribution in [1.29, 1.82) is 0 Å². The molecule has 0 aliphatic carbocycles. The zero-order chi connectivity index (χ0) is 7.56. The predicted octanol–water partition coefficient (Wildman–Crippen LogP) is 1.17. The zero-order valence-electron chi connectivity index (χ0n) is 5.28. The highest BCUT2D eigenvalue weighted by Crippen LogP contribution is 2.19. The minimum Gasteiger partial charge on any atom is -0.508 e. The van der Waals surface area contributed by atoms with Gasteiger partial charge in [-0.3, -0.25) is 0 Å². The van der Waals surface area contributed by atoms with Gasteiger partial charge < -0.3 is 10.2 Å². The molecule has 3 heteroatoms. The maximum Gasteiger partial charge on any atom is 0.121 e. The number of benzene rings is 1. The number of rotatable bonds is 1. The summed E-state index contributed by atoms with van der Waals surface area (Å²) >= 11 is 4.03. The van der Waals surface area contributed by atoms with Gasteiger partial charge in [0.2, 0.25) is 0 Å². The molecule has 1 rings (SSSR count). The highest BCUT2D eigenvalue weighted by Gasteiger charge is 1.97. The number of aliphatic hydroxyl groups excluding tert-OH is 1. The van der Waals surface area contributed by atoms with Gasteiger partial charge in [-0.15, -0.1) is 12.6 Å². The molecular formula is C7H8O2S. The SMILES string of the molecule is OCc1cc(S)ccc1O. The van der Waals surface area contributed by atoms with Gasteiger partial charge in [0, 0.05) is 10.5 Å². The van der Waals surface area contributed by atoms with Crippen LogP contribution in [0.1, 0.15) is 5.56 Å². The molecule has 0 bridgehead atoms. The quantitative estimate of drug-likeness (QED) is 0.534. The summed E-state index contributed by atoms with van der Waals surface area (Å²) in [5, 5.41) is 17.7. The third-order valence-corrected chi connectivity index (χ3v) is 1.51. The van der Waals surface area contributed by atoms with Crippen molar-refractivity contribution in [2.45, 2.75) is 11.5 Å². The van der Waals surface area contributed by atoms with Crippen LogP contribution in [0.4, 0.5) is 0 Å². The Kier molecular flexibility index (Phi) is 2.19. The lowest BCUT2D eigenvalue weighted by Gasteiger charge is -1.99. The van der Waals surface area contributed by atoms with Gasteiger partial charge in [0.05, 0.1) is 6.61 Å². The monoisotopic (exact) mass is 156 g/mol. The molecule has 0 spiro atoms. The van der Waals surface area contributed by atoms with Crippen LogP contribution in [0, 0.1) is 0 Å². The second-order valence-electron chi connectivity index (χ2n) is 1.97. The van der Waals surface area contributed by atoms with Crippen molar-refractivity contribution in [1.82, 2.24) is 0 Å². The molecule has 2 N–H and O–H groups in total. The van der Waals surface area contributed by atoms with Gasteiger partial charge in [-0.05, 0) is 18.2 Å². The molecule has 54 valence electrons. The van der Waals surface area contributed by atoms with Crippen LogP contribution in [-0.2, 0) is 6.61 Å². The van der Waals surface area contributed by atoms with Gasteiger partial charge in [0.1, 0.15) is 5.75 Å². The standard InChI is InChI=1S/C7H8O2S/c8-4-5-3-6(10)1-2-7(5)9/h1-3,8-10H,4H2. The average molecular weight is 156 g/mol. The third-order valence-electron chi connectivity index (χ3n) is 1.23. The van der Waals surface area contributed by atoms with Crippen LogP contribution in [0.5, 0.6) is 5.75 Å². The molecule has 0 aliphatic heterocycles. The molecule has 10 heavy (non-hydrogen) atoms. The van der Waals surface area contributed by atoms with E-state index in [-0.39, 0.29) is 12.4 Å². The molecule has 0 radical (unpaired) electrons. The average Bonchev–Trinajstić information content (AvgIpc) is 1.94. The Bertz CT molecular complexity index is 235. The van der Waals surface area contributed by atoms with Gasteiger partial charge >= 0.3 is 0 Å². The smallest absolute Gasteiger partial charge is 0.121 e. The minimum atomic E-state index is -0.153. The minimum absolute atomic E-state index is 0.111. The van der Waals surface area contributed by atoms with E-state index in [1.807, 2.05) is 0 Å². The van der Waals surface area contributed by atoms with Crippen molar-refractivity contribution >= 4 is 12.6 Å². The Labute approximate surface area is 64.5 Å². The molecule has 0 aromatic heterocycles. The van der Waals surface area contributed by atoms with E-state index >= 15 is 0 Å².